The van der Waals surface area contributed by atoms with Gasteiger partial charge >= 0.3 is 7.12 Å². The molecule has 0 aliphatic rings. The lowest BCUT2D eigenvalue weighted by Crippen LogP contribution is -2.29. The Morgan fingerprint density at radius 1 is 1.40 bits per heavy atom. The molecule has 0 saturated carbocycles. The number of hydrogen-bond acceptors (Lipinski definition) is 3. The molecule has 0 spiro atoms. The second-order valence-corrected chi connectivity index (χ2v) is 3.25. The molecule has 0 fully saturated rings. The van der Waals surface area contributed by atoms with Crippen molar-refractivity contribution in [3.8, 4) is 0 Å². The molecule has 78 valence electrons. The zero-order valence-corrected chi connectivity index (χ0v) is 7.97. The van der Waals surface area contributed by atoms with Gasteiger partial charge in [-0.05, 0) is 17.6 Å². The molecule has 0 aliphatic carbocycles. The Morgan fingerprint density at radius 3 is 2.87 bits per heavy atom. The van der Waals surface area contributed by atoms with Gasteiger partial charge in [-0.15, -0.1) is 0 Å². The predicted octanol–water partition coefficient (Wildman–Crippen LogP) is -0.314. The molecule has 15 heavy (non-hydrogen) atoms. The van der Waals surface area contributed by atoms with Gasteiger partial charge in [-0.25, -0.2) is 9.37 Å². The van der Waals surface area contributed by atoms with Crippen LogP contribution in [0, 0.1) is 0 Å². The summed E-state index contributed by atoms with van der Waals surface area (Å²) in [5.41, 5.74) is 1.80. The lowest BCUT2D eigenvalue weighted by Gasteiger charge is -2.02. The molecule has 6 heteroatoms. The molecule has 4 nitrogen and oxygen atoms in total. The van der Waals surface area contributed by atoms with Crippen LogP contribution < -0.4 is 5.46 Å². The largest absolute Gasteiger partial charge is 0.488 e. The van der Waals surface area contributed by atoms with Gasteiger partial charge in [0.1, 0.15) is 6.67 Å². The van der Waals surface area contributed by atoms with E-state index in [0.29, 0.717) is 16.5 Å². The van der Waals surface area contributed by atoms with E-state index in [1.165, 1.54) is 6.33 Å². The minimum atomic E-state index is -1.51. The van der Waals surface area contributed by atoms with Crippen molar-refractivity contribution in [2.75, 3.05) is 6.67 Å². The second-order valence-electron chi connectivity index (χ2n) is 3.25. The van der Waals surface area contributed by atoms with Gasteiger partial charge in [-0.2, -0.15) is 0 Å². The number of nitrogens with zero attached hydrogens (tertiary/aromatic N) is 2. The first-order valence-electron chi connectivity index (χ1n) is 4.59. The standard InChI is InChI=1S/C9H10BFN2O2/c11-3-4-13-6-12-8-2-1-7(10(14)15)5-9(8)13/h1-2,5-6,14-15H,3-4H2. The summed E-state index contributed by atoms with van der Waals surface area (Å²) in [7, 11) is -1.51. The number of rotatable bonds is 3. The van der Waals surface area contributed by atoms with Gasteiger partial charge in [0, 0.05) is 0 Å². The van der Waals surface area contributed by atoms with Crippen molar-refractivity contribution in [1.29, 1.82) is 0 Å². The Kier molecular flexibility index (Phi) is 2.70. The van der Waals surface area contributed by atoms with E-state index in [9.17, 15) is 4.39 Å². The van der Waals surface area contributed by atoms with E-state index < -0.39 is 13.8 Å². The molecule has 0 aliphatic heterocycles. The number of alkyl halides is 1. The van der Waals surface area contributed by atoms with Gasteiger partial charge in [0.2, 0.25) is 0 Å². The van der Waals surface area contributed by atoms with Crippen LogP contribution in [0.15, 0.2) is 24.5 Å². The summed E-state index contributed by atoms with van der Waals surface area (Å²) in [4.78, 5) is 4.07. The van der Waals surface area contributed by atoms with Crippen LogP contribution in [-0.4, -0.2) is 33.4 Å². The molecule has 2 N–H and O–H groups in total. The zero-order chi connectivity index (χ0) is 10.8. The average molecular weight is 208 g/mol. The van der Waals surface area contributed by atoms with Gasteiger partial charge in [0.15, 0.2) is 0 Å². The van der Waals surface area contributed by atoms with Crippen molar-refractivity contribution >= 4 is 23.6 Å². The monoisotopic (exact) mass is 208 g/mol. The van der Waals surface area contributed by atoms with Crippen LogP contribution in [-0.2, 0) is 6.54 Å². The first-order chi connectivity index (χ1) is 7.22. The summed E-state index contributed by atoms with van der Waals surface area (Å²) in [5.74, 6) is 0. The number of hydrogen-bond donors (Lipinski definition) is 2. The van der Waals surface area contributed by atoms with Crippen LogP contribution in [0.1, 0.15) is 0 Å². The lowest BCUT2D eigenvalue weighted by molar-refractivity contribution is 0.426. The van der Waals surface area contributed by atoms with E-state index in [0.717, 1.165) is 0 Å². The minimum absolute atomic E-state index is 0.224. The van der Waals surface area contributed by atoms with Crippen molar-refractivity contribution in [2.24, 2.45) is 0 Å². The molecule has 0 radical (unpaired) electrons. The van der Waals surface area contributed by atoms with Crippen LogP contribution >= 0.6 is 0 Å². The third kappa shape index (κ3) is 1.86. The number of imidazole rings is 1. The molecule has 1 aromatic carbocycles. The Morgan fingerprint density at radius 2 is 2.20 bits per heavy atom. The minimum Gasteiger partial charge on any atom is -0.423 e. The smallest absolute Gasteiger partial charge is 0.423 e. The molecule has 2 aromatic rings. The SMILES string of the molecule is OB(O)c1ccc2ncn(CCF)c2c1. The van der Waals surface area contributed by atoms with Gasteiger partial charge < -0.3 is 14.6 Å². The lowest BCUT2D eigenvalue weighted by atomic mass is 9.80. The Bertz CT molecular complexity index is 472. The summed E-state index contributed by atoms with van der Waals surface area (Å²) < 4.78 is 13.8. The first-order valence-corrected chi connectivity index (χ1v) is 4.59. The highest BCUT2D eigenvalue weighted by molar-refractivity contribution is 6.58. The van der Waals surface area contributed by atoms with E-state index in [-0.39, 0.29) is 6.54 Å². The Hall–Kier alpha value is -1.40. The molecule has 0 atom stereocenters. The summed E-state index contributed by atoms with van der Waals surface area (Å²) in [6, 6.07) is 4.86. The molecular weight excluding hydrogens is 198 g/mol. The van der Waals surface area contributed by atoms with Crippen LogP contribution in [0.2, 0.25) is 0 Å². The van der Waals surface area contributed by atoms with E-state index in [4.69, 9.17) is 10.0 Å². The highest BCUT2D eigenvalue weighted by Gasteiger charge is 2.12. The van der Waals surface area contributed by atoms with E-state index in [1.54, 1.807) is 22.8 Å². The summed E-state index contributed by atoms with van der Waals surface area (Å²) in [6.07, 6.45) is 1.54. The topological polar surface area (TPSA) is 58.3 Å². The fourth-order valence-corrected chi connectivity index (χ4v) is 1.50. The van der Waals surface area contributed by atoms with E-state index in [1.807, 2.05) is 0 Å². The molecule has 0 amide bonds. The first kappa shape index (κ1) is 10.1. The molecular formula is C9H10BFN2O2. The van der Waals surface area contributed by atoms with E-state index in [2.05, 4.69) is 4.98 Å². The van der Waals surface area contributed by atoms with Crippen LogP contribution in [0.3, 0.4) is 0 Å². The molecule has 1 heterocycles. The molecule has 0 bridgehead atoms. The third-order valence-corrected chi connectivity index (χ3v) is 2.27. The fraction of sp³-hybridized carbons (Fsp3) is 0.222. The summed E-state index contributed by atoms with van der Waals surface area (Å²) in [6.45, 7) is -0.251. The molecule has 1 aromatic heterocycles. The van der Waals surface area contributed by atoms with Gasteiger partial charge in [-0.3, -0.25) is 0 Å². The molecule has 0 saturated heterocycles. The van der Waals surface area contributed by atoms with Crippen molar-refractivity contribution < 1.29 is 14.4 Å². The Balaban J connectivity index is 2.51. The van der Waals surface area contributed by atoms with Crippen LogP contribution in [0.25, 0.3) is 11.0 Å². The van der Waals surface area contributed by atoms with Crippen LogP contribution in [0.4, 0.5) is 4.39 Å². The molecule has 2 rings (SSSR count). The van der Waals surface area contributed by atoms with E-state index >= 15 is 0 Å². The average Bonchev–Trinajstić information content (AvgIpc) is 2.61. The third-order valence-electron chi connectivity index (χ3n) is 2.27. The Labute approximate surface area is 86.1 Å². The maximum absolute atomic E-state index is 12.2. The molecule has 0 unspecified atom stereocenters. The fourth-order valence-electron chi connectivity index (χ4n) is 1.50. The van der Waals surface area contributed by atoms with Gasteiger partial charge in [0.05, 0.1) is 23.9 Å². The van der Waals surface area contributed by atoms with Crippen molar-refractivity contribution in [3.05, 3.63) is 24.5 Å². The predicted molar refractivity (Wildman–Crippen MR) is 55.5 cm³/mol. The van der Waals surface area contributed by atoms with Crippen molar-refractivity contribution in [2.45, 2.75) is 6.54 Å². The number of aryl methyl sites for hydroxylation is 1. The second kappa shape index (κ2) is 4.00. The summed E-state index contributed by atoms with van der Waals surface area (Å²) >= 11 is 0. The highest BCUT2D eigenvalue weighted by Crippen LogP contribution is 2.10. The van der Waals surface area contributed by atoms with Crippen molar-refractivity contribution in [1.82, 2.24) is 9.55 Å². The van der Waals surface area contributed by atoms with Crippen molar-refractivity contribution in [3.63, 3.8) is 0 Å². The van der Waals surface area contributed by atoms with Gasteiger partial charge in [-0.1, -0.05) is 6.07 Å². The summed E-state index contributed by atoms with van der Waals surface area (Å²) in [5, 5.41) is 18.0. The quantitative estimate of drug-likeness (QED) is 0.680. The highest BCUT2D eigenvalue weighted by atomic mass is 19.1. The number of aromatic nitrogens is 2. The maximum atomic E-state index is 12.2. The number of benzene rings is 1. The maximum Gasteiger partial charge on any atom is 0.488 e. The van der Waals surface area contributed by atoms with Crippen LogP contribution in [0.5, 0.6) is 0 Å². The number of fused-ring (bicyclic) bond motifs is 1. The van der Waals surface area contributed by atoms with Gasteiger partial charge in [0.25, 0.3) is 0 Å². The number of halogens is 1. The zero-order valence-electron chi connectivity index (χ0n) is 7.97. The normalized spacial score (nSPS) is 10.9.